The van der Waals surface area contributed by atoms with E-state index in [1.54, 1.807) is 12.1 Å². The van der Waals surface area contributed by atoms with Crippen LogP contribution in [0.15, 0.2) is 82.6 Å². The molecule has 0 aliphatic rings. The zero-order valence-electron chi connectivity index (χ0n) is 22.5. The highest BCUT2D eigenvalue weighted by Crippen LogP contribution is 2.13. The van der Waals surface area contributed by atoms with Crippen molar-refractivity contribution in [2.75, 3.05) is 28.4 Å². The summed E-state index contributed by atoms with van der Waals surface area (Å²) in [6.45, 7) is 0. The standard InChI is InChI=1S/2C8H11NO5S.C8H6O4/c2*1-13-9(14-2)7-4-3-5-8(6-7)15(10,11)12;9-7(10)5-2-1-3-6(4-5)8(11)12/h2*3-6H,1-2H3,(H,10,11,12);1-4H,(H,9,10)(H,11,12). The van der Waals surface area contributed by atoms with Gasteiger partial charge in [0.25, 0.3) is 20.2 Å². The molecule has 230 valence electrons. The maximum absolute atomic E-state index is 10.8. The highest BCUT2D eigenvalue weighted by atomic mass is 32.2. The molecule has 16 nitrogen and oxygen atoms in total. The van der Waals surface area contributed by atoms with Crippen molar-refractivity contribution < 1.29 is 75.5 Å². The van der Waals surface area contributed by atoms with Gasteiger partial charge in [-0.15, -0.1) is 0 Å². The normalized spacial score (nSPS) is 11.2. The Bertz CT molecular complexity index is 1440. The summed E-state index contributed by atoms with van der Waals surface area (Å²) in [5.41, 5.74) is 0.540. The molecule has 0 aliphatic heterocycles. The second-order valence-corrected chi connectivity index (χ2v) is 10.4. The van der Waals surface area contributed by atoms with E-state index in [2.05, 4.69) is 0 Å². The highest BCUT2D eigenvalue weighted by Gasteiger charge is 2.18. The molecule has 0 spiro atoms. The van der Waals surface area contributed by atoms with Gasteiger partial charge in [-0.1, -0.05) is 30.3 Å². The number of carboxylic acid groups (broad SMARTS) is 2. The van der Waals surface area contributed by atoms with Crippen LogP contribution in [0.4, 0.5) is 11.4 Å². The van der Waals surface area contributed by atoms with E-state index in [1.165, 1.54) is 83.0 Å². The zero-order valence-corrected chi connectivity index (χ0v) is 24.2. The fourth-order valence-electron chi connectivity index (χ4n) is 2.98. The van der Waals surface area contributed by atoms with Crippen LogP contribution >= 0.6 is 0 Å². The van der Waals surface area contributed by atoms with E-state index >= 15 is 0 Å². The van der Waals surface area contributed by atoms with Crippen molar-refractivity contribution in [3.05, 3.63) is 83.9 Å². The Balaban J connectivity index is 0.000000317. The number of carboxylic acids is 2. The van der Waals surface area contributed by atoms with Gasteiger partial charge in [-0.2, -0.15) is 36.2 Å². The molecular formula is C24H28N2O14S2. The summed E-state index contributed by atoms with van der Waals surface area (Å²) in [6, 6.07) is 16.1. The molecule has 0 saturated carbocycles. The summed E-state index contributed by atoms with van der Waals surface area (Å²) in [6.07, 6.45) is 0. The lowest BCUT2D eigenvalue weighted by atomic mass is 10.1. The average Bonchev–Trinajstić information content (AvgIpc) is 2.94. The molecule has 0 fully saturated rings. The Labute approximate surface area is 241 Å². The van der Waals surface area contributed by atoms with E-state index in [9.17, 15) is 36.6 Å². The predicted octanol–water partition coefficient (Wildman–Crippen LogP) is -2.44. The molecule has 4 N–H and O–H groups in total. The average molecular weight is 633 g/mol. The van der Waals surface area contributed by atoms with Gasteiger partial charge in [0.2, 0.25) is 0 Å². The largest absolute Gasteiger partial charge is 0.545 e. The quantitative estimate of drug-likeness (QED) is 0.134. The van der Waals surface area contributed by atoms with Crippen LogP contribution in [-0.4, -0.2) is 66.3 Å². The first-order valence-electron chi connectivity index (χ1n) is 11.2. The molecule has 3 aromatic rings. The van der Waals surface area contributed by atoms with Crippen molar-refractivity contribution in [3.8, 4) is 0 Å². The van der Waals surface area contributed by atoms with Gasteiger partial charge < -0.3 is 19.8 Å². The number of nitrogens with one attached hydrogen (secondary N) is 2. The second-order valence-electron chi connectivity index (χ2n) is 7.55. The van der Waals surface area contributed by atoms with Crippen LogP contribution in [0, 0.1) is 0 Å². The van der Waals surface area contributed by atoms with Crippen molar-refractivity contribution in [3.63, 3.8) is 0 Å². The first kappa shape index (κ1) is 36.2. The summed E-state index contributed by atoms with van der Waals surface area (Å²) in [7, 11) is -2.79. The monoisotopic (exact) mass is 632 g/mol. The van der Waals surface area contributed by atoms with E-state index in [-0.39, 0.29) is 31.4 Å². The number of aromatic carboxylic acids is 2. The molecule has 0 heterocycles. The summed E-state index contributed by atoms with van der Waals surface area (Å²) in [5.74, 6) is -2.81. The molecule has 0 saturated heterocycles. The minimum absolute atomic E-state index is 0.170. The molecule has 0 aliphatic carbocycles. The van der Waals surface area contributed by atoms with Crippen LogP contribution in [-0.2, 0) is 39.6 Å². The molecule has 0 atom stereocenters. The maximum Gasteiger partial charge on any atom is 0.294 e. The number of carbonyl (C=O) groups excluding carboxylic acids is 2. The van der Waals surface area contributed by atoms with Crippen molar-refractivity contribution in [2.45, 2.75) is 9.79 Å². The predicted molar refractivity (Wildman–Crippen MR) is 137 cm³/mol. The molecule has 18 heteroatoms. The van der Waals surface area contributed by atoms with Crippen molar-refractivity contribution >= 4 is 43.5 Å². The SMILES string of the molecule is CO[NH+](OC)c1cccc(S(=O)(=O)O)c1.CO[NH+](OC)c1cccc(S(=O)(=O)O)c1.O=C([O-])c1cccc(C(=O)[O-])c1. The van der Waals surface area contributed by atoms with Gasteiger partial charge in [-0.25, -0.2) is 0 Å². The van der Waals surface area contributed by atoms with Crippen molar-refractivity contribution in [1.82, 2.24) is 0 Å². The second kappa shape index (κ2) is 16.6. The van der Waals surface area contributed by atoms with Gasteiger partial charge in [0.05, 0.1) is 11.9 Å². The number of hydrogen-bond acceptors (Lipinski definition) is 12. The molecule has 0 unspecified atom stereocenters. The van der Waals surface area contributed by atoms with E-state index in [0.717, 1.165) is 6.07 Å². The third-order valence-corrected chi connectivity index (χ3v) is 6.51. The lowest BCUT2D eigenvalue weighted by molar-refractivity contribution is -1.19. The van der Waals surface area contributed by atoms with Crippen molar-refractivity contribution in [1.29, 1.82) is 0 Å². The van der Waals surface area contributed by atoms with Gasteiger partial charge >= 0.3 is 0 Å². The Morgan fingerprint density at radius 2 is 0.905 bits per heavy atom. The minimum atomic E-state index is -4.20. The fraction of sp³-hybridized carbons (Fsp3) is 0.167. The molecule has 0 bridgehead atoms. The summed E-state index contributed by atoms with van der Waals surface area (Å²) in [4.78, 5) is 39.6. The van der Waals surface area contributed by atoms with E-state index in [0.29, 0.717) is 11.4 Å². The first-order chi connectivity index (χ1) is 19.6. The zero-order chi connectivity index (χ0) is 32.1. The maximum atomic E-state index is 10.8. The molecular weight excluding hydrogens is 604 g/mol. The van der Waals surface area contributed by atoms with Gasteiger partial charge in [0.1, 0.15) is 38.2 Å². The van der Waals surface area contributed by atoms with Gasteiger partial charge in [0, 0.05) is 24.3 Å². The van der Waals surface area contributed by atoms with Crippen LogP contribution in [0.25, 0.3) is 0 Å². The van der Waals surface area contributed by atoms with Gasteiger partial charge in [0.15, 0.2) is 11.4 Å². The third kappa shape index (κ3) is 11.6. The Morgan fingerprint density at radius 3 is 1.17 bits per heavy atom. The molecule has 0 aromatic heterocycles. The van der Waals surface area contributed by atoms with Crippen LogP contribution in [0.1, 0.15) is 20.7 Å². The first-order valence-corrected chi connectivity index (χ1v) is 14.1. The number of carbonyl (C=O) groups is 2. The Morgan fingerprint density at radius 1 is 0.595 bits per heavy atom. The minimum Gasteiger partial charge on any atom is -0.545 e. The van der Waals surface area contributed by atoms with E-state index < -0.39 is 32.2 Å². The lowest BCUT2D eigenvalue weighted by Crippen LogP contribution is -3.04. The lowest BCUT2D eigenvalue weighted by Gasteiger charge is -2.10. The number of benzene rings is 3. The molecule has 0 amide bonds. The summed E-state index contributed by atoms with van der Waals surface area (Å²) >= 11 is 0. The van der Waals surface area contributed by atoms with Crippen molar-refractivity contribution in [2.24, 2.45) is 0 Å². The topological polar surface area (TPSA) is 235 Å². The van der Waals surface area contributed by atoms with E-state index in [1.807, 2.05) is 0 Å². The van der Waals surface area contributed by atoms with Crippen LogP contribution < -0.4 is 20.7 Å². The molecule has 3 rings (SSSR count). The summed E-state index contributed by atoms with van der Waals surface area (Å²) in [5, 5.41) is 20.9. The Hall–Kier alpha value is -3.82. The molecule has 0 radical (unpaired) electrons. The Kier molecular flexibility index (Phi) is 14.3. The summed E-state index contributed by atoms with van der Waals surface area (Å²) < 4.78 is 61.0. The van der Waals surface area contributed by atoms with E-state index in [4.69, 9.17) is 28.5 Å². The van der Waals surface area contributed by atoms with Gasteiger partial charge in [-0.3, -0.25) is 9.11 Å². The molecule has 42 heavy (non-hydrogen) atoms. The number of rotatable bonds is 10. The highest BCUT2D eigenvalue weighted by molar-refractivity contribution is 7.86. The molecule has 3 aromatic carbocycles. The van der Waals surface area contributed by atoms with Gasteiger partial charge in [-0.05, 0) is 39.8 Å². The van der Waals surface area contributed by atoms with Crippen LogP contribution in [0.3, 0.4) is 0 Å². The smallest absolute Gasteiger partial charge is 0.294 e. The third-order valence-electron chi connectivity index (χ3n) is 4.81. The van der Waals surface area contributed by atoms with Crippen LogP contribution in [0.2, 0.25) is 0 Å². The number of hydrogen-bond donors (Lipinski definition) is 4. The fourth-order valence-corrected chi connectivity index (χ4v) is 4.03. The number of quaternary nitrogens is 2. The van der Waals surface area contributed by atoms with Crippen LogP contribution in [0.5, 0.6) is 0 Å².